The Hall–Kier alpha value is -0.380. The van der Waals surface area contributed by atoms with Gasteiger partial charge in [-0.2, -0.15) is 11.8 Å². The van der Waals surface area contributed by atoms with Crippen LogP contribution in [-0.4, -0.2) is 29.1 Å². The summed E-state index contributed by atoms with van der Waals surface area (Å²) in [4.78, 5) is 11.2. The molecule has 98 valence electrons. The zero-order valence-electron chi connectivity index (χ0n) is 11.1. The fraction of sp³-hybridized carbons (Fsp3) is 0.923. The van der Waals surface area contributed by atoms with Gasteiger partial charge >= 0.3 is 6.03 Å². The van der Waals surface area contributed by atoms with E-state index in [1.807, 2.05) is 11.8 Å². The first-order valence-electron chi connectivity index (χ1n) is 6.64. The second kappa shape index (κ2) is 5.09. The first-order chi connectivity index (χ1) is 7.96. The number of unbranched alkanes of at least 4 members (excludes halogenated alkanes) is 1. The van der Waals surface area contributed by atoms with Gasteiger partial charge in [-0.3, -0.25) is 0 Å². The summed E-state index contributed by atoms with van der Waals surface area (Å²) >= 11 is 2.02. The lowest BCUT2D eigenvalue weighted by Gasteiger charge is -2.20. The van der Waals surface area contributed by atoms with Gasteiger partial charge in [0.15, 0.2) is 0 Å². The summed E-state index contributed by atoms with van der Waals surface area (Å²) in [5.41, 5.74) is 0.453. The quantitative estimate of drug-likeness (QED) is 0.600. The van der Waals surface area contributed by atoms with Crippen molar-refractivity contribution in [2.24, 2.45) is 5.41 Å². The molecule has 4 heteroatoms. The minimum atomic E-state index is 0.0278. The highest BCUT2D eigenvalue weighted by Gasteiger charge is 2.42. The molecule has 17 heavy (non-hydrogen) atoms. The second-order valence-electron chi connectivity index (χ2n) is 6.43. The van der Waals surface area contributed by atoms with E-state index in [0.717, 1.165) is 5.75 Å². The molecule has 2 fully saturated rings. The Balaban J connectivity index is 1.68. The van der Waals surface area contributed by atoms with E-state index >= 15 is 0 Å². The summed E-state index contributed by atoms with van der Waals surface area (Å²) in [6, 6.07) is 0.780. The molecule has 0 aromatic heterocycles. The summed E-state index contributed by atoms with van der Waals surface area (Å²) in [6.07, 6.45) is 5.13. The van der Waals surface area contributed by atoms with Gasteiger partial charge in [-0.15, -0.1) is 0 Å². The van der Waals surface area contributed by atoms with Gasteiger partial charge in [0.1, 0.15) is 0 Å². The molecule has 0 saturated carbocycles. The highest BCUT2D eigenvalue weighted by atomic mass is 32.2. The highest BCUT2D eigenvalue weighted by molar-refractivity contribution is 8.00. The Morgan fingerprint density at radius 2 is 2.06 bits per heavy atom. The number of amides is 2. The second-order valence-corrected chi connectivity index (χ2v) is 7.70. The third-order valence-electron chi connectivity index (χ3n) is 3.60. The molecule has 0 aromatic rings. The summed E-state index contributed by atoms with van der Waals surface area (Å²) in [7, 11) is 0. The monoisotopic (exact) mass is 256 g/mol. The lowest BCUT2D eigenvalue weighted by atomic mass is 9.89. The fourth-order valence-electron chi connectivity index (χ4n) is 2.64. The van der Waals surface area contributed by atoms with E-state index in [-0.39, 0.29) is 6.03 Å². The summed E-state index contributed by atoms with van der Waals surface area (Å²) in [5.74, 6) is 1.08. The van der Waals surface area contributed by atoms with Crippen molar-refractivity contribution >= 4 is 17.8 Å². The van der Waals surface area contributed by atoms with E-state index < -0.39 is 0 Å². The number of fused-ring (bicyclic) bond motifs is 1. The van der Waals surface area contributed by atoms with Gasteiger partial charge in [-0.05, 0) is 18.3 Å². The van der Waals surface area contributed by atoms with E-state index in [2.05, 4.69) is 31.4 Å². The minimum Gasteiger partial charge on any atom is -0.332 e. The predicted octanol–water partition coefficient (Wildman–Crippen LogP) is 2.76. The van der Waals surface area contributed by atoms with Gasteiger partial charge in [-0.1, -0.05) is 33.6 Å². The molecule has 3 nitrogen and oxygen atoms in total. The zero-order valence-corrected chi connectivity index (χ0v) is 11.9. The van der Waals surface area contributed by atoms with Crippen LogP contribution in [0.2, 0.25) is 0 Å². The number of carbonyl (C=O) groups excluding carboxylic acids is 1. The topological polar surface area (TPSA) is 41.1 Å². The van der Waals surface area contributed by atoms with Crippen LogP contribution in [0.3, 0.4) is 0 Å². The van der Waals surface area contributed by atoms with E-state index in [1.54, 1.807) is 0 Å². The fourth-order valence-corrected chi connectivity index (χ4v) is 4.19. The maximum absolute atomic E-state index is 11.2. The number of hydrogen-bond acceptors (Lipinski definition) is 2. The number of rotatable bonds is 4. The van der Waals surface area contributed by atoms with Crippen molar-refractivity contribution in [3.63, 3.8) is 0 Å². The molecule has 2 N–H and O–H groups in total. The van der Waals surface area contributed by atoms with E-state index in [9.17, 15) is 4.79 Å². The van der Waals surface area contributed by atoms with Gasteiger partial charge in [0.2, 0.25) is 0 Å². The van der Waals surface area contributed by atoms with Gasteiger partial charge < -0.3 is 10.6 Å². The summed E-state index contributed by atoms with van der Waals surface area (Å²) in [5, 5.41) is 6.67. The smallest absolute Gasteiger partial charge is 0.315 e. The number of hydrogen-bond donors (Lipinski definition) is 2. The lowest BCUT2D eigenvalue weighted by Crippen LogP contribution is -2.36. The maximum Gasteiger partial charge on any atom is 0.315 e. The van der Waals surface area contributed by atoms with Gasteiger partial charge in [0.05, 0.1) is 12.1 Å². The SMILES string of the molecule is CC(C)(C)CCCC[C@H]1SCC2NC(=O)NC21. The lowest BCUT2D eigenvalue weighted by molar-refractivity contribution is 0.247. The number of urea groups is 1. The van der Waals surface area contributed by atoms with Crippen molar-refractivity contribution in [1.82, 2.24) is 10.6 Å². The molecule has 2 heterocycles. The van der Waals surface area contributed by atoms with Crippen LogP contribution in [-0.2, 0) is 0 Å². The number of carbonyl (C=O) groups is 1. The molecular formula is C13H24N2OS. The molecule has 0 radical (unpaired) electrons. The number of thioether (sulfide) groups is 1. The minimum absolute atomic E-state index is 0.0278. The van der Waals surface area contributed by atoms with Crippen LogP contribution in [0.25, 0.3) is 0 Å². The van der Waals surface area contributed by atoms with Crippen molar-refractivity contribution in [2.75, 3.05) is 5.75 Å². The molecule has 0 spiro atoms. The average Bonchev–Trinajstić information content (AvgIpc) is 2.71. The maximum atomic E-state index is 11.2. The molecule has 2 aliphatic rings. The van der Waals surface area contributed by atoms with Crippen molar-refractivity contribution < 1.29 is 4.79 Å². The Labute approximate surface area is 108 Å². The van der Waals surface area contributed by atoms with Crippen molar-refractivity contribution in [2.45, 2.75) is 63.8 Å². The van der Waals surface area contributed by atoms with E-state index in [0.29, 0.717) is 22.7 Å². The molecule has 0 aromatic carbocycles. The van der Waals surface area contributed by atoms with Gasteiger partial charge in [0.25, 0.3) is 0 Å². The van der Waals surface area contributed by atoms with Crippen LogP contribution < -0.4 is 10.6 Å². The Morgan fingerprint density at radius 1 is 1.29 bits per heavy atom. The Bertz CT molecular complexity index is 288. The molecule has 2 saturated heterocycles. The largest absolute Gasteiger partial charge is 0.332 e. The normalized spacial score (nSPS) is 32.2. The molecule has 2 aliphatic heterocycles. The number of nitrogens with one attached hydrogen (secondary N) is 2. The standard InChI is InChI=1S/C13H24N2OS/c1-13(2,3)7-5-4-6-10-11-9(8-17-10)14-12(16)15-11/h9-11H,4-8H2,1-3H3,(H2,14,15,16)/t9?,10-,11?/m1/s1. The summed E-state index contributed by atoms with van der Waals surface area (Å²) < 4.78 is 0. The first kappa shape index (κ1) is 13.1. The Kier molecular flexibility index (Phi) is 3.91. The van der Waals surface area contributed by atoms with Gasteiger partial charge in [-0.25, -0.2) is 4.79 Å². The van der Waals surface area contributed by atoms with Crippen molar-refractivity contribution in [3.05, 3.63) is 0 Å². The Morgan fingerprint density at radius 3 is 2.76 bits per heavy atom. The van der Waals surface area contributed by atoms with E-state index in [4.69, 9.17) is 0 Å². The van der Waals surface area contributed by atoms with Crippen molar-refractivity contribution in [1.29, 1.82) is 0 Å². The average molecular weight is 256 g/mol. The van der Waals surface area contributed by atoms with Crippen LogP contribution in [0.4, 0.5) is 4.79 Å². The van der Waals surface area contributed by atoms with Gasteiger partial charge in [0, 0.05) is 11.0 Å². The molecule has 0 bridgehead atoms. The molecule has 3 atom stereocenters. The predicted molar refractivity (Wildman–Crippen MR) is 73.4 cm³/mol. The van der Waals surface area contributed by atoms with Crippen LogP contribution in [0, 0.1) is 5.41 Å². The third-order valence-corrected chi connectivity index (χ3v) is 5.11. The van der Waals surface area contributed by atoms with E-state index in [1.165, 1.54) is 25.7 Å². The third kappa shape index (κ3) is 3.54. The highest BCUT2D eigenvalue weighted by Crippen LogP contribution is 2.33. The molecule has 2 rings (SSSR count). The molecule has 2 unspecified atom stereocenters. The van der Waals surface area contributed by atoms with Crippen LogP contribution in [0.15, 0.2) is 0 Å². The molecule has 0 aliphatic carbocycles. The van der Waals surface area contributed by atoms with Crippen LogP contribution >= 0.6 is 11.8 Å². The van der Waals surface area contributed by atoms with Crippen molar-refractivity contribution in [3.8, 4) is 0 Å². The molecule has 2 amide bonds. The molecular weight excluding hydrogens is 232 g/mol. The first-order valence-corrected chi connectivity index (χ1v) is 7.69. The summed E-state index contributed by atoms with van der Waals surface area (Å²) in [6.45, 7) is 6.90. The zero-order chi connectivity index (χ0) is 12.5. The van der Waals surface area contributed by atoms with Crippen LogP contribution in [0.5, 0.6) is 0 Å². The van der Waals surface area contributed by atoms with Crippen LogP contribution in [0.1, 0.15) is 46.5 Å².